The van der Waals surface area contributed by atoms with Crippen LogP contribution in [0.25, 0.3) is 0 Å². The summed E-state index contributed by atoms with van der Waals surface area (Å²) in [7, 11) is -4.20. The lowest BCUT2D eigenvalue weighted by Gasteiger charge is -2.10. The lowest BCUT2D eigenvalue weighted by molar-refractivity contribution is 0.479. The fourth-order valence-corrected chi connectivity index (χ4v) is 2.67. The molecule has 0 atom stereocenters. The van der Waals surface area contributed by atoms with Gasteiger partial charge in [0.25, 0.3) is 0 Å². The SMILES string of the molecule is CC(C)c1cccc(OS(=O)(=O)c2ccc(F)c(F)c2)c1. The van der Waals surface area contributed by atoms with Gasteiger partial charge in [0.1, 0.15) is 10.6 Å². The molecule has 0 aliphatic heterocycles. The minimum atomic E-state index is -4.20. The number of hydrogen-bond acceptors (Lipinski definition) is 3. The maximum atomic E-state index is 13.1. The van der Waals surface area contributed by atoms with E-state index in [1.165, 1.54) is 6.07 Å². The molecular formula is C15H14F2O3S. The molecule has 0 spiro atoms. The molecule has 0 bridgehead atoms. The zero-order valence-corrected chi connectivity index (χ0v) is 12.3. The third-order valence-corrected chi connectivity index (χ3v) is 4.15. The zero-order valence-electron chi connectivity index (χ0n) is 11.5. The molecule has 21 heavy (non-hydrogen) atoms. The van der Waals surface area contributed by atoms with Crippen LogP contribution in [0.3, 0.4) is 0 Å². The van der Waals surface area contributed by atoms with Crippen LogP contribution < -0.4 is 4.18 Å². The first kappa shape index (κ1) is 15.4. The molecule has 0 N–H and O–H groups in total. The molecule has 0 heterocycles. The van der Waals surface area contributed by atoms with Crippen LogP contribution in [0.5, 0.6) is 5.75 Å². The smallest absolute Gasteiger partial charge is 0.339 e. The summed E-state index contributed by atoms with van der Waals surface area (Å²) in [5.41, 5.74) is 0.910. The van der Waals surface area contributed by atoms with Crippen LogP contribution in [-0.2, 0) is 10.1 Å². The summed E-state index contributed by atoms with van der Waals surface area (Å²) in [6, 6.07) is 8.91. The lowest BCUT2D eigenvalue weighted by atomic mass is 10.0. The summed E-state index contributed by atoms with van der Waals surface area (Å²) < 4.78 is 55.0. The maximum Gasteiger partial charge on any atom is 0.339 e. The summed E-state index contributed by atoms with van der Waals surface area (Å²) in [5, 5.41) is 0. The Morgan fingerprint density at radius 3 is 2.33 bits per heavy atom. The molecule has 2 rings (SSSR count). The molecule has 0 aliphatic rings. The van der Waals surface area contributed by atoms with Crippen LogP contribution in [0.2, 0.25) is 0 Å². The third-order valence-electron chi connectivity index (χ3n) is 2.91. The second-order valence-electron chi connectivity index (χ2n) is 4.84. The van der Waals surface area contributed by atoms with E-state index >= 15 is 0 Å². The molecule has 0 unspecified atom stereocenters. The van der Waals surface area contributed by atoms with E-state index in [9.17, 15) is 17.2 Å². The summed E-state index contributed by atoms with van der Waals surface area (Å²) in [5.74, 6) is -2.02. The highest BCUT2D eigenvalue weighted by Gasteiger charge is 2.19. The highest BCUT2D eigenvalue weighted by Crippen LogP contribution is 2.24. The average Bonchev–Trinajstić information content (AvgIpc) is 2.41. The van der Waals surface area contributed by atoms with Crippen molar-refractivity contribution in [3.8, 4) is 5.75 Å². The first-order valence-corrected chi connectivity index (χ1v) is 7.70. The minimum Gasteiger partial charge on any atom is -0.379 e. The van der Waals surface area contributed by atoms with E-state index in [1.54, 1.807) is 12.1 Å². The van der Waals surface area contributed by atoms with E-state index in [1.807, 2.05) is 19.9 Å². The Morgan fingerprint density at radius 1 is 1.00 bits per heavy atom. The van der Waals surface area contributed by atoms with Gasteiger partial charge in [-0.15, -0.1) is 0 Å². The van der Waals surface area contributed by atoms with Crippen LogP contribution in [0, 0.1) is 11.6 Å². The number of benzene rings is 2. The molecule has 6 heteroatoms. The van der Waals surface area contributed by atoms with Crippen molar-refractivity contribution in [1.29, 1.82) is 0 Å². The van der Waals surface area contributed by atoms with Gasteiger partial charge in [0.15, 0.2) is 11.6 Å². The number of halogens is 2. The highest BCUT2D eigenvalue weighted by molar-refractivity contribution is 7.87. The van der Waals surface area contributed by atoms with Gasteiger partial charge in [-0.05, 0) is 41.8 Å². The second kappa shape index (κ2) is 5.81. The first-order chi connectivity index (χ1) is 9.79. The average molecular weight is 312 g/mol. The van der Waals surface area contributed by atoms with Crippen molar-refractivity contribution < 1.29 is 21.4 Å². The van der Waals surface area contributed by atoms with Gasteiger partial charge in [-0.1, -0.05) is 26.0 Å². The second-order valence-corrected chi connectivity index (χ2v) is 6.39. The van der Waals surface area contributed by atoms with Crippen molar-refractivity contribution >= 4 is 10.1 Å². The quantitative estimate of drug-likeness (QED) is 0.805. The molecule has 2 aromatic carbocycles. The molecule has 0 amide bonds. The maximum absolute atomic E-state index is 13.1. The van der Waals surface area contributed by atoms with E-state index < -0.39 is 26.6 Å². The molecule has 0 saturated heterocycles. The Morgan fingerprint density at radius 2 is 1.71 bits per heavy atom. The van der Waals surface area contributed by atoms with Crippen LogP contribution in [-0.4, -0.2) is 8.42 Å². The fraction of sp³-hybridized carbons (Fsp3) is 0.200. The van der Waals surface area contributed by atoms with Gasteiger partial charge < -0.3 is 4.18 Å². The number of rotatable bonds is 4. The molecule has 0 saturated carbocycles. The largest absolute Gasteiger partial charge is 0.379 e. The Labute approximate surface area is 122 Å². The monoisotopic (exact) mass is 312 g/mol. The van der Waals surface area contributed by atoms with Gasteiger partial charge in [-0.2, -0.15) is 8.42 Å². The third kappa shape index (κ3) is 3.58. The predicted octanol–water partition coefficient (Wildman–Crippen LogP) is 3.86. The summed E-state index contributed by atoms with van der Waals surface area (Å²) >= 11 is 0. The van der Waals surface area contributed by atoms with Gasteiger partial charge >= 0.3 is 10.1 Å². The van der Waals surface area contributed by atoms with Crippen molar-refractivity contribution in [2.24, 2.45) is 0 Å². The van der Waals surface area contributed by atoms with Crippen molar-refractivity contribution in [3.63, 3.8) is 0 Å². The minimum absolute atomic E-state index is 0.130. The zero-order chi connectivity index (χ0) is 15.6. The Kier molecular flexibility index (Phi) is 4.27. The van der Waals surface area contributed by atoms with Crippen molar-refractivity contribution in [3.05, 3.63) is 59.7 Å². The van der Waals surface area contributed by atoms with Gasteiger partial charge in [0.2, 0.25) is 0 Å². The van der Waals surface area contributed by atoms with E-state index in [0.29, 0.717) is 6.07 Å². The molecule has 0 aromatic heterocycles. The molecule has 0 fully saturated rings. The Balaban J connectivity index is 2.33. The summed E-state index contributed by atoms with van der Waals surface area (Å²) in [4.78, 5) is -0.434. The van der Waals surface area contributed by atoms with Crippen LogP contribution in [0.4, 0.5) is 8.78 Å². The summed E-state index contributed by atoms with van der Waals surface area (Å²) in [6.45, 7) is 3.92. The van der Waals surface area contributed by atoms with Gasteiger partial charge in [0.05, 0.1) is 0 Å². The molecule has 0 aliphatic carbocycles. The van der Waals surface area contributed by atoms with Gasteiger partial charge in [0, 0.05) is 0 Å². The standard InChI is InChI=1S/C15H14F2O3S/c1-10(2)11-4-3-5-12(8-11)20-21(18,19)13-6-7-14(16)15(17)9-13/h3-10H,1-2H3. The molecular weight excluding hydrogens is 298 g/mol. The molecule has 0 radical (unpaired) electrons. The first-order valence-electron chi connectivity index (χ1n) is 6.29. The predicted molar refractivity (Wildman–Crippen MR) is 74.7 cm³/mol. The van der Waals surface area contributed by atoms with E-state index in [-0.39, 0.29) is 11.7 Å². The molecule has 2 aromatic rings. The van der Waals surface area contributed by atoms with E-state index in [2.05, 4.69) is 0 Å². The molecule has 112 valence electrons. The summed E-state index contributed by atoms with van der Waals surface area (Å²) in [6.07, 6.45) is 0. The fourth-order valence-electron chi connectivity index (χ4n) is 1.73. The highest BCUT2D eigenvalue weighted by atomic mass is 32.2. The molecule has 3 nitrogen and oxygen atoms in total. The van der Waals surface area contributed by atoms with Gasteiger partial charge in [-0.25, -0.2) is 8.78 Å². The van der Waals surface area contributed by atoms with E-state index in [0.717, 1.165) is 17.7 Å². The van der Waals surface area contributed by atoms with Crippen LogP contribution in [0.1, 0.15) is 25.3 Å². The van der Waals surface area contributed by atoms with Gasteiger partial charge in [-0.3, -0.25) is 0 Å². The number of hydrogen-bond donors (Lipinski definition) is 0. The van der Waals surface area contributed by atoms with E-state index in [4.69, 9.17) is 4.18 Å². The topological polar surface area (TPSA) is 43.4 Å². The van der Waals surface area contributed by atoms with Crippen molar-refractivity contribution in [1.82, 2.24) is 0 Å². The lowest BCUT2D eigenvalue weighted by Crippen LogP contribution is -2.10. The van der Waals surface area contributed by atoms with Crippen LogP contribution >= 0.6 is 0 Å². The van der Waals surface area contributed by atoms with Crippen molar-refractivity contribution in [2.45, 2.75) is 24.7 Å². The Bertz CT molecular complexity index is 755. The normalized spacial score (nSPS) is 11.7. The van der Waals surface area contributed by atoms with Crippen molar-refractivity contribution in [2.75, 3.05) is 0 Å². The van der Waals surface area contributed by atoms with Crippen LogP contribution in [0.15, 0.2) is 47.4 Å². The Hall–Kier alpha value is -1.95.